The van der Waals surface area contributed by atoms with Crippen LogP contribution in [-0.2, 0) is 6.54 Å². The first-order chi connectivity index (χ1) is 12.0. The quantitative estimate of drug-likeness (QED) is 0.366. The van der Waals surface area contributed by atoms with Crippen LogP contribution in [0.15, 0.2) is 53.5 Å². The molecule has 0 fully saturated rings. The predicted octanol–water partition coefficient (Wildman–Crippen LogP) is 3.37. The molecule has 0 spiro atoms. The lowest BCUT2D eigenvalue weighted by Crippen LogP contribution is -2.38. The fraction of sp³-hybridized carbons (Fsp3) is 0.316. The summed E-state index contributed by atoms with van der Waals surface area (Å²) in [4.78, 5) is 14.5. The van der Waals surface area contributed by atoms with Gasteiger partial charge in [-0.15, -0.1) is 0 Å². The molecule has 0 aromatic heterocycles. The maximum Gasteiger partial charge on any atom is 0.269 e. The van der Waals surface area contributed by atoms with Crippen molar-refractivity contribution in [1.29, 1.82) is 0 Å². The van der Waals surface area contributed by atoms with Crippen LogP contribution in [0.1, 0.15) is 29.5 Å². The van der Waals surface area contributed by atoms with E-state index in [4.69, 9.17) is 0 Å². The van der Waals surface area contributed by atoms with Gasteiger partial charge in [-0.3, -0.25) is 15.1 Å². The number of nitro benzene ring substituents is 1. The zero-order valence-electron chi connectivity index (χ0n) is 14.8. The number of nitrogens with zero attached hydrogens (tertiary/aromatic N) is 2. The van der Waals surface area contributed by atoms with E-state index in [1.54, 1.807) is 19.2 Å². The Bertz CT molecular complexity index is 724. The number of rotatable bonds is 6. The molecule has 0 aliphatic heterocycles. The van der Waals surface area contributed by atoms with E-state index in [0.29, 0.717) is 18.4 Å². The van der Waals surface area contributed by atoms with Crippen LogP contribution in [0.2, 0.25) is 0 Å². The Morgan fingerprint density at radius 2 is 1.76 bits per heavy atom. The summed E-state index contributed by atoms with van der Waals surface area (Å²) in [6, 6.07) is 15.0. The second kappa shape index (κ2) is 8.82. The minimum absolute atomic E-state index is 0.0955. The van der Waals surface area contributed by atoms with Gasteiger partial charge in [-0.1, -0.05) is 48.9 Å². The third-order valence-electron chi connectivity index (χ3n) is 4.05. The molecule has 132 valence electrons. The maximum absolute atomic E-state index is 10.7. The van der Waals surface area contributed by atoms with Crippen molar-refractivity contribution in [2.24, 2.45) is 4.99 Å². The summed E-state index contributed by atoms with van der Waals surface area (Å²) in [5.41, 5.74) is 3.59. The van der Waals surface area contributed by atoms with E-state index in [-0.39, 0.29) is 5.69 Å². The second-order valence-electron chi connectivity index (χ2n) is 6.04. The number of nitrogens with one attached hydrogen (secondary N) is 2. The van der Waals surface area contributed by atoms with Crippen molar-refractivity contribution < 1.29 is 4.92 Å². The first kappa shape index (κ1) is 18.4. The number of guanidine groups is 1. The SMILES string of the molecule is CN=C(NCc1ccc([N+](=O)[O-])cc1)NCC(C)c1ccc(C)cc1. The van der Waals surface area contributed by atoms with Gasteiger partial charge >= 0.3 is 0 Å². The molecule has 0 aliphatic carbocycles. The number of nitro groups is 1. The standard InChI is InChI=1S/C19H24N4O2/c1-14-4-8-17(9-5-14)15(2)12-21-19(20-3)22-13-16-6-10-18(11-7-16)23(24)25/h4-11,15H,12-13H2,1-3H3,(H2,20,21,22). The Hall–Kier alpha value is -2.89. The summed E-state index contributed by atoms with van der Waals surface area (Å²) >= 11 is 0. The first-order valence-electron chi connectivity index (χ1n) is 8.24. The van der Waals surface area contributed by atoms with Gasteiger partial charge in [0.1, 0.15) is 0 Å². The molecule has 1 unspecified atom stereocenters. The lowest BCUT2D eigenvalue weighted by Gasteiger charge is -2.16. The van der Waals surface area contributed by atoms with Crippen LogP contribution in [0.25, 0.3) is 0 Å². The van der Waals surface area contributed by atoms with Crippen molar-refractivity contribution >= 4 is 11.6 Å². The molecule has 0 bridgehead atoms. The van der Waals surface area contributed by atoms with Crippen molar-refractivity contribution in [2.45, 2.75) is 26.3 Å². The van der Waals surface area contributed by atoms with E-state index in [2.05, 4.69) is 53.7 Å². The number of aliphatic imine (C=N–C) groups is 1. The van der Waals surface area contributed by atoms with Gasteiger partial charge < -0.3 is 10.6 Å². The number of non-ortho nitro benzene ring substituents is 1. The molecule has 0 amide bonds. The molecule has 0 saturated carbocycles. The van der Waals surface area contributed by atoms with Crippen LogP contribution in [0.3, 0.4) is 0 Å². The normalized spacial score (nSPS) is 12.5. The number of aryl methyl sites for hydroxylation is 1. The highest BCUT2D eigenvalue weighted by molar-refractivity contribution is 5.79. The van der Waals surface area contributed by atoms with Crippen LogP contribution in [0.4, 0.5) is 5.69 Å². The van der Waals surface area contributed by atoms with Gasteiger partial charge in [-0.2, -0.15) is 0 Å². The van der Waals surface area contributed by atoms with E-state index in [0.717, 1.165) is 12.1 Å². The first-order valence-corrected chi connectivity index (χ1v) is 8.24. The molecule has 0 heterocycles. The lowest BCUT2D eigenvalue weighted by molar-refractivity contribution is -0.384. The van der Waals surface area contributed by atoms with Gasteiger partial charge in [0.15, 0.2) is 5.96 Å². The molecule has 6 heteroatoms. The summed E-state index contributed by atoms with van der Waals surface area (Å²) < 4.78 is 0. The van der Waals surface area contributed by atoms with Gasteiger partial charge in [0.2, 0.25) is 0 Å². The molecule has 0 aliphatic rings. The molecule has 2 rings (SSSR count). The highest BCUT2D eigenvalue weighted by Crippen LogP contribution is 2.15. The van der Waals surface area contributed by atoms with Crippen molar-refractivity contribution in [1.82, 2.24) is 10.6 Å². The Balaban J connectivity index is 1.84. The molecule has 2 aromatic carbocycles. The van der Waals surface area contributed by atoms with Gasteiger partial charge in [0.05, 0.1) is 4.92 Å². The van der Waals surface area contributed by atoms with Crippen LogP contribution < -0.4 is 10.6 Å². The Kier molecular flexibility index (Phi) is 6.51. The van der Waals surface area contributed by atoms with Gasteiger partial charge in [0, 0.05) is 32.3 Å². The minimum Gasteiger partial charge on any atom is -0.356 e. The topological polar surface area (TPSA) is 79.6 Å². The fourth-order valence-electron chi connectivity index (χ4n) is 2.40. The monoisotopic (exact) mass is 340 g/mol. The molecule has 2 aromatic rings. The molecule has 1 atom stereocenters. The summed E-state index contributed by atoms with van der Waals surface area (Å²) in [6.45, 7) is 5.57. The smallest absolute Gasteiger partial charge is 0.269 e. The molecule has 25 heavy (non-hydrogen) atoms. The molecule has 2 N–H and O–H groups in total. The highest BCUT2D eigenvalue weighted by Gasteiger charge is 2.07. The molecule has 0 saturated heterocycles. The summed E-state index contributed by atoms with van der Waals surface area (Å²) in [6.07, 6.45) is 0. The minimum atomic E-state index is -0.399. The average molecular weight is 340 g/mol. The Morgan fingerprint density at radius 1 is 1.12 bits per heavy atom. The average Bonchev–Trinajstić information content (AvgIpc) is 2.62. The van der Waals surface area contributed by atoms with Gasteiger partial charge in [0.25, 0.3) is 5.69 Å². The van der Waals surface area contributed by atoms with Crippen molar-refractivity contribution in [3.63, 3.8) is 0 Å². The predicted molar refractivity (Wildman–Crippen MR) is 101 cm³/mol. The third-order valence-corrected chi connectivity index (χ3v) is 4.05. The Labute approximate surface area is 148 Å². The van der Waals surface area contributed by atoms with Crippen LogP contribution >= 0.6 is 0 Å². The largest absolute Gasteiger partial charge is 0.356 e. The highest BCUT2D eigenvalue weighted by atomic mass is 16.6. The fourth-order valence-corrected chi connectivity index (χ4v) is 2.40. The van der Waals surface area contributed by atoms with Crippen molar-refractivity contribution in [2.75, 3.05) is 13.6 Å². The molecule has 0 radical (unpaired) electrons. The third kappa shape index (κ3) is 5.60. The van der Waals surface area contributed by atoms with Crippen LogP contribution in [0, 0.1) is 17.0 Å². The zero-order valence-corrected chi connectivity index (χ0v) is 14.8. The van der Waals surface area contributed by atoms with Gasteiger partial charge in [-0.25, -0.2) is 0 Å². The number of benzene rings is 2. The van der Waals surface area contributed by atoms with E-state index in [1.807, 2.05) is 0 Å². The number of hydrogen-bond acceptors (Lipinski definition) is 3. The zero-order chi connectivity index (χ0) is 18.2. The summed E-state index contributed by atoms with van der Waals surface area (Å²) in [7, 11) is 1.72. The lowest BCUT2D eigenvalue weighted by atomic mass is 10.0. The summed E-state index contributed by atoms with van der Waals surface area (Å²) in [5, 5.41) is 17.2. The van der Waals surface area contributed by atoms with Crippen molar-refractivity contribution in [3.05, 3.63) is 75.3 Å². The molecule has 6 nitrogen and oxygen atoms in total. The van der Waals surface area contributed by atoms with E-state index in [1.165, 1.54) is 23.3 Å². The second-order valence-corrected chi connectivity index (χ2v) is 6.04. The van der Waals surface area contributed by atoms with Gasteiger partial charge in [-0.05, 0) is 24.0 Å². The van der Waals surface area contributed by atoms with E-state index >= 15 is 0 Å². The van der Waals surface area contributed by atoms with E-state index < -0.39 is 4.92 Å². The van der Waals surface area contributed by atoms with Crippen molar-refractivity contribution in [3.8, 4) is 0 Å². The van der Waals surface area contributed by atoms with E-state index in [9.17, 15) is 10.1 Å². The molecular formula is C19H24N4O2. The molecular weight excluding hydrogens is 316 g/mol. The van der Waals surface area contributed by atoms with Crippen LogP contribution in [-0.4, -0.2) is 24.5 Å². The van der Waals surface area contributed by atoms with Crippen LogP contribution in [0.5, 0.6) is 0 Å². The maximum atomic E-state index is 10.7. The summed E-state index contributed by atoms with van der Waals surface area (Å²) in [5.74, 6) is 1.07. The number of hydrogen-bond donors (Lipinski definition) is 2. The Morgan fingerprint density at radius 3 is 2.32 bits per heavy atom.